The van der Waals surface area contributed by atoms with Gasteiger partial charge in [0.25, 0.3) is 0 Å². The van der Waals surface area contributed by atoms with Crippen LogP contribution < -0.4 is 5.32 Å². The van der Waals surface area contributed by atoms with E-state index in [1.54, 1.807) is 20.8 Å². The number of thiazole rings is 1. The number of nitriles is 1. The molecule has 0 unspecified atom stereocenters. The number of hydrogen-bond donors (Lipinski definition) is 1. The Hall–Kier alpha value is -2.46. The van der Waals surface area contributed by atoms with E-state index in [1.165, 1.54) is 18.3 Å². The first-order valence-corrected chi connectivity index (χ1v) is 8.31. The summed E-state index contributed by atoms with van der Waals surface area (Å²) in [6, 6.07) is 8.58. The van der Waals surface area contributed by atoms with Gasteiger partial charge in [-0.25, -0.2) is 9.78 Å². The van der Waals surface area contributed by atoms with Crippen LogP contribution in [-0.2, 0) is 9.53 Å². The highest BCUT2D eigenvalue weighted by molar-refractivity contribution is 7.18. The van der Waals surface area contributed by atoms with Crippen LogP contribution in [0, 0.1) is 11.3 Å². The Kier molecular flexibility index (Phi) is 5.20. The fourth-order valence-corrected chi connectivity index (χ4v) is 3.08. The zero-order valence-corrected chi connectivity index (χ0v) is 14.8. The van der Waals surface area contributed by atoms with E-state index in [9.17, 15) is 14.9 Å². The number of carbonyl (C=O) groups is 2. The fourth-order valence-electron chi connectivity index (χ4n) is 2.06. The molecule has 1 N–H and O–H groups in total. The molecule has 2 rings (SSSR count). The summed E-state index contributed by atoms with van der Waals surface area (Å²) in [4.78, 5) is 28.7. The third-order valence-corrected chi connectivity index (χ3v) is 4.23. The van der Waals surface area contributed by atoms with Crippen LogP contribution >= 0.6 is 11.3 Å². The molecule has 0 saturated carbocycles. The molecule has 6 nitrogen and oxygen atoms in total. The van der Waals surface area contributed by atoms with E-state index in [0.717, 1.165) is 10.2 Å². The first kappa shape index (κ1) is 17.9. The number of alkyl carbamates (subject to hydrolysis) is 1. The summed E-state index contributed by atoms with van der Waals surface area (Å²) in [7, 11) is 0. The number of benzene rings is 1. The molecule has 2 aromatic rings. The Balaban J connectivity index is 2.13. The molecule has 1 aromatic heterocycles. The maximum absolute atomic E-state index is 12.5. The number of Topliss-reactive ketones (excluding diaryl/α,β-unsaturated/α-hetero) is 1. The van der Waals surface area contributed by atoms with Crippen molar-refractivity contribution in [1.82, 2.24) is 10.3 Å². The van der Waals surface area contributed by atoms with Crippen molar-refractivity contribution in [2.45, 2.75) is 45.3 Å². The number of aromatic nitrogens is 1. The Morgan fingerprint density at radius 1 is 1.33 bits per heavy atom. The van der Waals surface area contributed by atoms with Gasteiger partial charge in [-0.2, -0.15) is 5.26 Å². The number of amides is 1. The lowest BCUT2D eigenvalue weighted by molar-refractivity contribution is -0.121. The normalized spacial score (nSPS) is 13.8. The number of hydrogen-bond acceptors (Lipinski definition) is 6. The molecule has 0 saturated heterocycles. The fraction of sp³-hybridized carbons (Fsp3) is 0.412. The second-order valence-electron chi connectivity index (χ2n) is 6.35. The van der Waals surface area contributed by atoms with Crippen LogP contribution in [0.5, 0.6) is 0 Å². The molecule has 1 heterocycles. The molecule has 0 aliphatic rings. The molecule has 7 heteroatoms. The zero-order valence-electron chi connectivity index (χ0n) is 14.0. The summed E-state index contributed by atoms with van der Waals surface area (Å²) in [6.07, 6.45) is -0.690. The van der Waals surface area contributed by atoms with Crippen LogP contribution in [0.1, 0.15) is 38.6 Å². The van der Waals surface area contributed by atoms with Crippen LogP contribution in [0.25, 0.3) is 10.2 Å². The van der Waals surface area contributed by atoms with Crippen LogP contribution in [0.4, 0.5) is 4.79 Å². The molecule has 0 bridgehead atoms. The number of nitrogens with one attached hydrogen (secondary N) is 1. The van der Waals surface area contributed by atoms with Crippen molar-refractivity contribution < 1.29 is 14.3 Å². The molecule has 24 heavy (non-hydrogen) atoms. The predicted molar refractivity (Wildman–Crippen MR) is 91.8 cm³/mol. The highest BCUT2D eigenvalue weighted by Crippen LogP contribution is 2.28. The minimum Gasteiger partial charge on any atom is -0.444 e. The molecular formula is C17H19N3O3S. The molecule has 0 aliphatic heterocycles. The average molecular weight is 345 g/mol. The lowest BCUT2D eigenvalue weighted by atomic mass is 10.0. The Bertz CT molecular complexity index is 768. The number of nitrogens with zero attached hydrogens (tertiary/aromatic N) is 2. The first-order valence-electron chi connectivity index (χ1n) is 7.49. The Morgan fingerprint density at radius 3 is 2.58 bits per heavy atom. The summed E-state index contributed by atoms with van der Waals surface area (Å²) in [5, 5.41) is 12.3. The summed E-state index contributed by atoms with van der Waals surface area (Å²) in [5.74, 6) is -1.44. The van der Waals surface area contributed by atoms with Crippen molar-refractivity contribution in [3.8, 4) is 6.07 Å². The Morgan fingerprint density at radius 2 is 2.00 bits per heavy atom. The third kappa shape index (κ3) is 4.30. The van der Waals surface area contributed by atoms with Crippen molar-refractivity contribution in [2.24, 2.45) is 0 Å². The van der Waals surface area contributed by atoms with Crippen LogP contribution in [0.15, 0.2) is 24.3 Å². The maximum Gasteiger partial charge on any atom is 0.408 e. The van der Waals surface area contributed by atoms with Crippen LogP contribution in [-0.4, -0.2) is 28.5 Å². The van der Waals surface area contributed by atoms with Gasteiger partial charge < -0.3 is 10.1 Å². The van der Waals surface area contributed by atoms with Crippen molar-refractivity contribution in [3.63, 3.8) is 0 Å². The highest BCUT2D eigenvalue weighted by Gasteiger charge is 2.30. The van der Waals surface area contributed by atoms with E-state index in [2.05, 4.69) is 10.3 Å². The lowest BCUT2D eigenvalue weighted by Gasteiger charge is -2.22. The van der Waals surface area contributed by atoms with E-state index in [4.69, 9.17) is 4.74 Å². The van der Waals surface area contributed by atoms with E-state index in [-0.39, 0.29) is 0 Å². The van der Waals surface area contributed by atoms with Crippen molar-refractivity contribution in [3.05, 3.63) is 29.3 Å². The number of carbonyl (C=O) groups excluding carboxylic acids is 2. The number of ether oxygens (including phenoxy) is 1. The van der Waals surface area contributed by atoms with E-state index in [0.29, 0.717) is 5.01 Å². The van der Waals surface area contributed by atoms with Crippen molar-refractivity contribution in [1.29, 1.82) is 5.26 Å². The molecule has 0 fully saturated rings. The Labute approximate surface area is 144 Å². The molecule has 1 amide bonds. The lowest BCUT2D eigenvalue weighted by Crippen LogP contribution is -2.43. The quantitative estimate of drug-likeness (QED) is 0.917. The molecule has 1 aromatic carbocycles. The van der Waals surface area contributed by atoms with E-state index in [1.807, 2.05) is 30.3 Å². The molecule has 0 radical (unpaired) electrons. The van der Waals surface area contributed by atoms with Crippen LogP contribution in [0.3, 0.4) is 0 Å². The summed E-state index contributed by atoms with van der Waals surface area (Å²) in [6.45, 7) is 6.73. The molecule has 126 valence electrons. The summed E-state index contributed by atoms with van der Waals surface area (Å²) >= 11 is 1.31. The van der Waals surface area contributed by atoms with Crippen molar-refractivity contribution >= 4 is 33.4 Å². The SMILES string of the molecule is C[C@@H](NC(=O)OC(C)(C)C)C(=O)[C@@H](C#N)c1nc2ccccc2s1. The smallest absolute Gasteiger partial charge is 0.408 e. The van der Waals surface area contributed by atoms with Gasteiger partial charge in [-0.1, -0.05) is 12.1 Å². The van der Waals surface area contributed by atoms with Gasteiger partial charge in [0.05, 0.1) is 22.3 Å². The van der Waals surface area contributed by atoms with Gasteiger partial charge in [0.15, 0.2) is 11.7 Å². The number of fused-ring (bicyclic) bond motifs is 1. The minimum absolute atomic E-state index is 0.414. The highest BCUT2D eigenvalue weighted by atomic mass is 32.1. The van der Waals surface area contributed by atoms with Crippen molar-refractivity contribution in [2.75, 3.05) is 0 Å². The minimum atomic E-state index is -1.02. The standard InChI is InChI=1S/C17H19N3O3S/c1-10(19-16(22)23-17(2,3)4)14(21)11(9-18)15-20-12-7-5-6-8-13(12)24-15/h5-8,10-11H,1-4H3,(H,19,22)/t10-,11-/m1/s1. The summed E-state index contributed by atoms with van der Waals surface area (Å²) < 4.78 is 6.04. The molecule has 0 aliphatic carbocycles. The number of ketones is 1. The topological polar surface area (TPSA) is 92.1 Å². The van der Waals surface area contributed by atoms with Gasteiger partial charge in [0.1, 0.15) is 10.6 Å². The first-order chi connectivity index (χ1) is 11.2. The molecule has 0 spiro atoms. The maximum atomic E-state index is 12.5. The number of rotatable bonds is 4. The van der Waals surface area contributed by atoms with Gasteiger partial charge >= 0.3 is 6.09 Å². The van der Waals surface area contributed by atoms with E-state index >= 15 is 0 Å². The van der Waals surface area contributed by atoms with Gasteiger partial charge in [0.2, 0.25) is 0 Å². The van der Waals surface area contributed by atoms with Gasteiger partial charge in [-0.15, -0.1) is 11.3 Å². The third-order valence-electron chi connectivity index (χ3n) is 3.13. The monoisotopic (exact) mass is 345 g/mol. The molecular weight excluding hydrogens is 326 g/mol. The van der Waals surface area contributed by atoms with E-state index < -0.39 is 29.4 Å². The second kappa shape index (κ2) is 6.97. The largest absolute Gasteiger partial charge is 0.444 e. The average Bonchev–Trinajstić information content (AvgIpc) is 2.89. The van der Waals surface area contributed by atoms with Gasteiger partial charge in [-0.3, -0.25) is 4.79 Å². The zero-order chi connectivity index (χ0) is 17.9. The second-order valence-corrected chi connectivity index (χ2v) is 7.41. The van der Waals surface area contributed by atoms with Gasteiger partial charge in [-0.05, 0) is 39.8 Å². The van der Waals surface area contributed by atoms with Crippen LogP contribution in [0.2, 0.25) is 0 Å². The predicted octanol–water partition coefficient (Wildman–Crippen LogP) is 3.39. The molecule has 2 atom stereocenters. The summed E-state index contributed by atoms with van der Waals surface area (Å²) in [5.41, 5.74) is 0.0902. The van der Waals surface area contributed by atoms with Gasteiger partial charge in [0, 0.05) is 0 Å². The number of para-hydroxylation sites is 1.